The highest BCUT2D eigenvalue weighted by molar-refractivity contribution is 7.93. The van der Waals surface area contributed by atoms with Gasteiger partial charge in [0, 0.05) is 56.2 Å². The monoisotopic (exact) mass is 565 g/mol. The number of fused-ring (bicyclic) bond motifs is 1. The van der Waals surface area contributed by atoms with Crippen LogP contribution in [0.25, 0.3) is 10.9 Å². The first-order valence-electron chi connectivity index (χ1n) is 12.0. The Morgan fingerprint density at radius 2 is 1.67 bits per heavy atom. The highest BCUT2D eigenvalue weighted by Crippen LogP contribution is 2.28. The molecule has 1 fully saturated rings. The fourth-order valence-corrected chi connectivity index (χ4v) is 5.83. The molecule has 2 aromatic carbocycles. The first-order chi connectivity index (χ1) is 18.8. The smallest absolute Gasteiger partial charge is 0.264 e. The first-order valence-corrected chi connectivity index (χ1v) is 13.9. The molecule has 1 aliphatic rings. The number of carbonyl (C=O) groups excluding carboxylic acids is 2. The minimum absolute atomic E-state index is 0.0423. The summed E-state index contributed by atoms with van der Waals surface area (Å²) in [5.41, 5.74) is 1.27. The quantitative estimate of drug-likeness (QED) is 0.378. The molecule has 0 spiro atoms. The Kier molecular flexibility index (Phi) is 7.36. The lowest BCUT2D eigenvalue weighted by atomic mass is 10.1. The molecule has 2 amide bonds. The lowest BCUT2D eigenvalue weighted by Gasteiger charge is -2.35. The van der Waals surface area contributed by atoms with E-state index in [1.165, 1.54) is 50.0 Å². The van der Waals surface area contributed by atoms with Gasteiger partial charge < -0.3 is 14.5 Å². The van der Waals surface area contributed by atoms with Crippen molar-refractivity contribution < 1.29 is 22.7 Å². The summed E-state index contributed by atoms with van der Waals surface area (Å²) in [4.78, 5) is 37.6. The number of nitrogens with zero attached hydrogens (tertiary/aromatic N) is 4. The van der Waals surface area contributed by atoms with Crippen LogP contribution in [0.5, 0.6) is 5.75 Å². The van der Waals surface area contributed by atoms with Crippen LogP contribution in [-0.2, 0) is 10.0 Å². The molecule has 1 aliphatic heterocycles. The lowest BCUT2D eigenvalue weighted by molar-refractivity contribution is 0.0533. The van der Waals surface area contributed by atoms with E-state index >= 15 is 0 Å². The number of hydrogen-bond acceptors (Lipinski definition) is 7. The van der Waals surface area contributed by atoms with Crippen LogP contribution in [0.3, 0.4) is 0 Å². The van der Waals surface area contributed by atoms with Gasteiger partial charge in [-0.25, -0.2) is 8.42 Å². The van der Waals surface area contributed by atoms with Crippen LogP contribution >= 0.6 is 11.6 Å². The number of sulfonamides is 1. The fraction of sp³-hybridized carbons (Fsp3) is 0.185. The summed E-state index contributed by atoms with van der Waals surface area (Å²) in [6.07, 6.45) is 4.46. The van der Waals surface area contributed by atoms with E-state index in [1.807, 2.05) is 0 Å². The van der Waals surface area contributed by atoms with Crippen molar-refractivity contribution in [3.8, 4) is 5.75 Å². The van der Waals surface area contributed by atoms with Crippen molar-refractivity contribution in [2.75, 3.05) is 38.0 Å². The van der Waals surface area contributed by atoms with Crippen molar-refractivity contribution in [3.05, 3.63) is 89.3 Å². The zero-order chi connectivity index (χ0) is 27.6. The minimum atomic E-state index is -3.97. The van der Waals surface area contributed by atoms with Gasteiger partial charge in [-0.3, -0.25) is 24.3 Å². The largest absolute Gasteiger partial charge is 0.496 e. The number of benzene rings is 2. The van der Waals surface area contributed by atoms with Crippen molar-refractivity contribution in [1.29, 1.82) is 0 Å². The molecule has 1 saturated heterocycles. The second-order valence-electron chi connectivity index (χ2n) is 8.83. The van der Waals surface area contributed by atoms with Crippen molar-refractivity contribution in [3.63, 3.8) is 0 Å². The summed E-state index contributed by atoms with van der Waals surface area (Å²) in [6, 6.07) is 14.5. The minimum Gasteiger partial charge on any atom is -0.496 e. The van der Waals surface area contributed by atoms with Crippen LogP contribution in [-0.4, -0.2) is 73.3 Å². The van der Waals surface area contributed by atoms with Crippen LogP contribution in [0.15, 0.2) is 78.1 Å². The molecule has 0 bridgehead atoms. The zero-order valence-corrected chi connectivity index (χ0v) is 22.4. The zero-order valence-electron chi connectivity index (χ0n) is 20.9. The molecular formula is C27H24ClN5O5S. The number of halogens is 1. The molecule has 200 valence electrons. The second kappa shape index (κ2) is 10.9. The van der Waals surface area contributed by atoms with Crippen LogP contribution in [0.2, 0.25) is 5.02 Å². The molecule has 10 nitrogen and oxygen atoms in total. The van der Waals surface area contributed by atoms with Crippen LogP contribution < -0.4 is 9.46 Å². The highest BCUT2D eigenvalue weighted by atomic mass is 35.5. The number of nitrogens with one attached hydrogen (secondary N) is 1. The molecule has 39 heavy (non-hydrogen) atoms. The molecule has 0 atom stereocenters. The normalized spacial score (nSPS) is 13.8. The maximum absolute atomic E-state index is 13.3. The average molecular weight is 566 g/mol. The van der Waals surface area contributed by atoms with Gasteiger partial charge >= 0.3 is 0 Å². The summed E-state index contributed by atoms with van der Waals surface area (Å²) in [5.74, 6) is -0.261. The molecule has 0 saturated carbocycles. The Bertz CT molecular complexity index is 1670. The number of methoxy groups -OCH3 is 1. The van der Waals surface area contributed by atoms with Crippen LogP contribution in [0.1, 0.15) is 20.7 Å². The number of aromatic nitrogens is 2. The van der Waals surface area contributed by atoms with Crippen molar-refractivity contribution in [2.45, 2.75) is 4.90 Å². The van der Waals surface area contributed by atoms with Gasteiger partial charge in [0.25, 0.3) is 21.8 Å². The molecule has 0 aliphatic carbocycles. The Morgan fingerprint density at radius 1 is 0.949 bits per heavy atom. The molecule has 2 aromatic heterocycles. The van der Waals surface area contributed by atoms with Gasteiger partial charge in [-0.05, 0) is 30.3 Å². The van der Waals surface area contributed by atoms with E-state index in [4.69, 9.17) is 16.3 Å². The third-order valence-corrected chi connectivity index (χ3v) is 7.99. The summed E-state index contributed by atoms with van der Waals surface area (Å²) < 4.78 is 34.3. The standard InChI is InChI=1S/C27H24ClN5O5S/c1-38-23-15-21(31-39(36,37)24-6-2-4-18-5-3-9-30-25(18)24)7-8-22(23)27(35)33-12-10-32(11-13-33)26(34)19-14-20(28)17-29-16-19/h2-9,14-17,31H,10-13H2,1H3. The molecule has 12 heteroatoms. The number of ether oxygens (including phenoxy) is 1. The number of anilines is 1. The summed E-state index contributed by atoms with van der Waals surface area (Å²) in [5, 5.41) is 1.08. The van der Waals surface area contributed by atoms with E-state index < -0.39 is 10.0 Å². The highest BCUT2D eigenvalue weighted by Gasteiger charge is 2.28. The Morgan fingerprint density at radius 3 is 2.38 bits per heavy atom. The number of para-hydroxylation sites is 1. The van der Waals surface area contributed by atoms with E-state index in [1.54, 1.807) is 40.1 Å². The SMILES string of the molecule is COc1cc(NS(=O)(=O)c2cccc3cccnc23)ccc1C(=O)N1CCN(C(=O)c2cncc(Cl)c2)CC1. The van der Waals surface area contributed by atoms with Gasteiger partial charge in [0.05, 0.1) is 34.5 Å². The first kappa shape index (κ1) is 26.4. The molecule has 4 aromatic rings. The maximum atomic E-state index is 13.3. The molecule has 5 rings (SSSR count). The van der Waals surface area contributed by atoms with Crippen molar-refractivity contribution in [2.24, 2.45) is 0 Å². The molecule has 0 unspecified atom stereocenters. The number of amides is 2. The molecule has 0 radical (unpaired) electrons. The van der Waals surface area contributed by atoms with E-state index in [-0.39, 0.29) is 33.7 Å². The van der Waals surface area contributed by atoms with Gasteiger partial charge in [0.1, 0.15) is 10.6 Å². The van der Waals surface area contributed by atoms with Gasteiger partial charge in [-0.15, -0.1) is 0 Å². The van der Waals surface area contributed by atoms with Crippen LogP contribution in [0.4, 0.5) is 5.69 Å². The molecule has 1 N–H and O–H groups in total. The summed E-state index contributed by atoms with van der Waals surface area (Å²) in [7, 11) is -2.56. The third-order valence-electron chi connectivity index (χ3n) is 6.38. The topological polar surface area (TPSA) is 122 Å². The summed E-state index contributed by atoms with van der Waals surface area (Å²) in [6.45, 7) is 1.33. The lowest BCUT2D eigenvalue weighted by Crippen LogP contribution is -2.50. The van der Waals surface area contributed by atoms with Gasteiger partial charge in [0.15, 0.2) is 0 Å². The predicted octanol–water partition coefficient (Wildman–Crippen LogP) is 3.69. The van der Waals surface area contributed by atoms with E-state index in [2.05, 4.69) is 14.7 Å². The Balaban J connectivity index is 1.30. The second-order valence-corrected chi connectivity index (χ2v) is 10.9. The average Bonchev–Trinajstić information content (AvgIpc) is 2.96. The van der Waals surface area contributed by atoms with Crippen molar-refractivity contribution in [1.82, 2.24) is 19.8 Å². The third kappa shape index (κ3) is 5.50. The molecule has 3 heterocycles. The number of pyridine rings is 2. The maximum Gasteiger partial charge on any atom is 0.264 e. The fourth-order valence-electron chi connectivity index (χ4n) is 4.43. The van der Waals surface area contributed by atoms with E-state index in [0.717, 1.165) is 0 Å². The number of rotatable bonds is 6. The Hall–Kier alpha value is -4.22. The number of carbonyl (C=O) groups is 2. The van der Waals surface area contributed by atoms with E-state index in [0.29, 0.717) is 47.7 Å². The molecular weight excluding hydrogens is 542 g/mol. The Labute approximate surface area is 230 Å². The summed E-state index contributed by atoms with van der Waals surface area (Å²) >= 11 is 5.95. The van der Waals surface area contributed by atoms with Crippen molar-refractivity contribution >= 4 is 50.0 Å². The number of hydrogen-bond donors (Lipinski definition) is 1. The van der Waals surface area contributed by atoms with Gasteiger partial charge in [-0.2, -0.15) is 0 Å². The predicted molar refractivity (Wildman–Crippen MR) is 147 cm³/mol. The van der Waals surface area contributed by atoms with Gasteiger partial charge in [-0.1, -0.05) is 29.8 Å². The van der Waals surface area contributed by atoms with Crippen LogP contribution in [0, 0.1) is 0 Å². The van der Waals surface area contributed by atoms with E-state index in [9.17, 15) is 18.0 Å². The van der Waals surface area contributed by atoms with Gasteiger partial charge in [0.2, 0.25) is 0 Å². The number of piperazine rings is 1.